The van der Waals surface area contributed by atoms with Gasteiger partial charge in [0.15, 0.2) is 0 Å². The second-order valence-corrected chi connectivity index (χ2v) is 8.27. The minimum Gasteiger partial charge on any atom is -0.345 e. The van der Waals surface area contributed by atoms with Gasteiger partial charge in [0.2, 0.25) is 27.6 Å². The van der Waals surface area contributed by atoms with Crippen molar-refractivity contribution in [2.24, 2.45) is 0 Å². The molecular weight excluding hydrogens is 392 g/mol. The maximum atomic E-state index is 12.8. The lowest BCUT2D eigenvalue weighted by Crippen LogP contribution is -2.49. The number of carbonyl (C=O) groups is 1. The van der Waals surface area contributed by atoms with Gasteiger partial charge in [-0.25, -0.2) is 8.42 Å². The number of rotatable bonds is 8. The molecule has 0 saturated heterocycles. The molecule has 0 fully saturated rings. The summed E-state index contributed by atoms with van der Waals surface area (Å²) in [6.45, 7) is 1.76. The van der Waals surface area contributed by atoms with Crippen LogP contribution in [0.25, 0.3) is 11.4 Å². The molecule has 1 atom stereocenters. The number of benzene rings is 2. The highest BCUT2D eigenvalue weighted by Gasteiger charge is 2.31. The maximum absolute atomic E-state index is 12.8. The van der Waals surface area contributed by atoms with Crippen molar-refractivity contribution in [2.75, 3.05) is 10.6 Å². The van der Waals surface area contributed by atoms with Gasteiger partial charge in [0, 0.05) is 5.56 Å². The summed E-state index contributed by atoms with van der Waals surface area (Å²) in [4.78, 5) is 17.0. The van der Waals surface area contributed by atoms with Gasteiger partial charge < -0.3 is 9.84 Å². The first-order chi connectivity index (χ1) is 13.9. The molecule has 2 aromatic carbocycles. The topological polar surface area (TPSA) is 105 Å². The Labute approximate surface area is 169 Å². The normalized spacial score (nSPS) is 12.3. The SMILES string of the molecule is CCC(C(=O)NCc1nc(-c2ccccc2)no1)N(c1ccccc1)S(C)(=O)=O. The van der Waals surface area contributed by atoms with Crippen molar-refractivity contribution in [1.82, 2.24) is 15.5 Å². The zero-order valence-electron chi connectivity index (χ0n) is 16.1. The number of sulfonamides is 1. The van der Waals surface area contributed by atoms with Crippen LogP contribution in [0.4, 0.5) is 5.69 Å². The molecule has 1 aromatic heterocycles. The van der Waals surface area contributed by atoms with Crippen molar-refractivity contribution >= 4 is 21.6 Å². The fourth-order valence-corrected chi connectivity index (χ4v) is 4.16. The van der Waals surface area contributed by atoms with Crippen molar-refractivity contribution < 1.29 is 17.7 Å². The number of nitrogens with one attached hydrogen (secondary N) is 1. The molecule has 3 rings (SSSR count). The van der Waals surface area contributed by atoms with E-state index in [1.807, 2.05) is 30.3 Å². The summed E-state index contributed by atoms with van der Waals surface area (Å²) < 4.78 is 31.1. The molecule has 152 valence electrons. The van der Waals surface area contributed by atoms with Gasteiger partial charge >= 0.3 is 0 Å². The summed E-state index contributed by atoms with van der Waals surface area (Å²) in [5.74, 6) is 0.211. The molecule has 1 heterocycles. The molecule has 8 nitrogen and oxygen atoms in total. The van der Waals surface area contributed by atoms with Crippen LogP contribution in [0, 0.1) is 0 Å². The van der Waals surface area contributed by atoms with Gasteiger partial charge in [-0.1, -0.05) is 60.6 Å². The Kier molecular flexibility index (Phi) is 6.28. The van der Waals surface area contributed by atoms with Crippen LogP contribution in [0.15, 0.2) is 65.2 Å². The number of nitrogens with zero attached hydrogens (tertiary/aromatic N) is 3. The van der Waals surface area contributed by atoms with Crippen LogP contribution in [-0.4, -0.2) is 36.8 Å². The van der Waals surface area contributed by atoms with E-state index in [0.29, 0.717) is 17.9 Å². The molecule has 0 aliphatic heterocycles. The first-order valence-electron chi connectivity index (χ1n) is 9.10. The fourth-order valence-electron chi connectivity index (χ4n) is 2.95. The number of aromatic nitrogens is 2. The average molecular weight is 414 g/mol. The first-order valence-corrected chi connectivity index (χ1v) is 10.9. The first kappa shape index (κ1) is 20.5. The van der Waals surface area contributed by atoms with Crippen LogP contribution in [-0.2, 0) is 21.4 Å². The van der Waals surface area contributed by atoms with Crippen LogP contribution in [0.3, 0.4) is 0 Å². The van der Waals surface area contributed by atoms with Crippen LogP contribution in [0.2, 0.25) is 0 Å². The number of amides is 1. The lowest BCUT2D eigenvalue weighted by molar-refractivity contribution is -0.122. The number of carbonyl (C=O) groups excluding carboxylic acids is 1. The van der Waals surface area contributed by atoms with Gasteiger partial charge in [0.1, 0.15) is 6.04 Å². The van der Waals surface area contributed by atoms with E-state index in [0.717, 1.165) is 16.1 Å². The molecule has 9 heteroatoms. The quantitative estimate of drug-likeness (QED) is 0.607. The number of anilines is 1. The Balaban J connectivity index is 1.74. The summed E-state index contributed by atoms with van der Waals surface area (Å²) in [5.41, 5.74) is 1.23. The second-order valence-electron chi connectivity index (χ2n) is 6.41. The molecule has 0 aliphatic carbocycles. The van der Waals surface area contributed by atoms with E-state index in [1.54, 1.807) is 37.3 Å². The molecule has 1 unspecified atom stereocenters. The van der Waals surface area contributed by atoms with E-state index in [1.165, 1.54) is 0 Å². The van der Waals surface area contributed by atoms with Gasteiger partial charge in [-0.2, -0.15) is 4.98 Å². The molecular formula is C20H22N4O4S. The van der Waals surface area contributed by atoms with Crippen LogP contribution in [0.1, 0.15) is 19.2 Å². The number of hydrogen-bond acceptors (Lipinski definition) is 6. The lowest BCUT2D eigenvalue weighted by Gasteiger charge is -2.29. The van der Waals surface area contributed by atoms with Crippen LogP contribution < -0.4 is 9.62 Å². The predicted molar refractivity (Wildman–Crippen MR) is 109 cm³/mol. The third kappa shape index (κ3) is 5.00. The number of para-hydroxylation sites is 1. The molecule has 29 heavy (non-hydrogen) atoms. The monoisotopic (exact) mass is 414 g/mol. The van der Waals surface area contributed by atoms with Crippen LogP contribution in [0.5, 0.6) is 0 Å². The van der Waals surface area contributed by atoms with Gasteiger partial charge in [0.25, 0.3) is 0 Å². The molecule has 1 N–H and O–H groups in total. The Morgan fingerprint density at radius 2 is 1.72 bits per heavy atom. The highest BCUT2D eigenvalue weighted by molar-refractivity contribution is 7.92. The third-order valence-corrected chi connectivity index (χ3v) is 5.43. The Morgan fingerprint density at radius 1 is 1.10 bits per heavy atom. The second kappa shape index (κ2) is 8.87. The predicted octanol–water partition coefficient (Wildman–Crippen LogP) is 2.60. The van der Waals surface area contributed by atoms with Gasteiger partial charge in [-0.3, -0.25) is 9.10 Å². The van der Waals surface area contributed by atoms with Gasteiger partial charge in [-0.15, -0.1) is 0 Å². The zero-order valence-corrected chi connectivity index (χ0v) is 17.0. The summed E-state index contributed by atoms with van der Waals surface area (Å²) >= 11 is 0. The Hall–Kier alpha value is -3.20. The standard InChI is InChI=1S/C20H22N4O4S/c1-3-17(24(29(2,26)27)16-12-8-5-9-13-16)20(25)21-14-18-22-19(23-28-18)15-10-6-4-7-11-15/h4-13,17H,3,14H2,1-2H3,(H,21,25). The smallest absolute Gasteiger partial charge is 0.246 e. The largest absolute Gasteiger partial charge is 0.345 e. The average Bonchev–Trinajstić information content (AvgIpc) is 3.19. The van der Waals surface area contributed by atoms with E-state index in [4.69, 9.17) is 4.52 Å². The third-order valence-electron chi connectivity index (χ3n) is 4.25. The maximum Gasteiger partial charge on any atom is 0.246 e. The van der Waals surface area contributed by atoms with Crippen molar-refractivity contribution in [1.29, 1.82) is 0 Å². The van der Waals surface area contributed by atoms with E-state index in [2.05, 4.69) is 15.5 Å². The number of hydrogen-bond donors (Lipinski definition) is 1. The van der Waals surface area contributed by atoms with Gasteiger partial charge in [-0.05, 0) is 18.6 Å². The van der Waals surface area contributed by atoms with Crippen molar-refractivity contribution in [3.63, 3.8) is 0 Å². The van der Waals surface area contributed by atoms with Crippen molar-refractivity contribution in [2.45, 2.75) is 25.9 Å². The molecule has 0 bridgehead atoms. The molecule has 0 radical (unpaired) electrons. The molecule has 0 spiro atoms. The summed E-state index contributed by atoms with van der Waals surface area (Å²) in [7, 11) is -3.67. The summed E-state index contributed by atoms with van der Waals surface area (Å²) in [6.07, 6.45) is 1.38. The molecule has 3 aromatic rings. The minimum absolute atomic E-state index is 0.00155. The van der Waals surface area contributed by atoms with Crippen LogP contribution >= 0.6 is 0 Å². The Bertz CT molecular complexity index is 1050. The van der Waals surface area contributed by atoms with E-state index < -0.39 is 22.0 Å². The minimum atomic E-state index is -3.67. The van der Waals surface area contributed by atoms with E-state index >= 15 is 0 Å². The van der Waals surface area contributed by atoms with E-state index in [9.17, 15) is 13.2 Å². The lowest BCUT2D eigenvalue weighted by atomic mass is 10.2. The molecule has 0 saturated carbocycles. The summed E-state index contributed by atoms with van der Waals surface area (Å²) in [5, 5.41) is 6.60. The van der Waals surface area contributed by atoms with Crippen molar-refractivity contribution in [3.05, 3.63) is 66.6 Å². The fraction of sp³-hybridized carbons (Fsp3) is 0.250. The zero-order chi connectivity index (χ0) is 20.9. The molecule has 1 amide bonds. The highest BCUT2D eigenvalue weighted by Crippen LogP contribution is 2.22. The highest BCUT2D eigenvalue weighted by atomic mass is 32.2. The van der Waals surface area contributed by atoms with E-state index in [-0.39, 0.29) is 12.4 Å². The van der Waals surface area contributed by atoms with Gasteiger partial charge in [0.05, 0.1) is 18.5 Å². The van der Waals surface area contributed by atoms with Crippen molar-refractivity contribution in [3.8, 4) is 11.4 Å². The Morgan fingerprint density at radius 3 is 2.31 bits per heavy atom. The molecule has 0 aliphatic rings. The summed E-state index contributed by atoms with van der Waals surface area (Å²) in [6, 6.07) is 17.0.